The van der Waals surface area contributed by atoms with E-state index < -0.39 is 5.92 Å². The summed E-state index contributed by atoms with van der Waals surface area (Å²) in [6.07, 6.45) is 0. The van der Waals surface area contributed by atoms with Gasteiger partial charge in [0.1, 0.15) is 17.5 Å². The third-order valence-corrected chi connectivity index (χ3v) is 4.66. The maximum atomic E-state index is 11.0. The van der Waals surface area contributed by atoms with Crippen molar-refractivity contribution in [1.82, 2.24) is 4.98 Å². The van der Waals surface area contributed by atoms with Gasteiger partial charge in [0.2, 0.25) is 0 Å². The number of rotatable bonds is 5. The summed E-state index contributed by atoms with van der Waals surface area (Å²) < 4.78 is 0. The highest BCUT2D eigenvalue weighted by molar-refractivity contribution is 5.77. The third-order valence-electron chi connectivity index (χ3n) is 4.66. The van der Waals surface area contributed by atoms with Crippen LogP contribution in [-0.2, 0) is 0 Å². The van der Waals surface area contributed by atoms with E-state index >= 15 is 0 Å². The molecule has 1 atom stereocenters. The number of H-pyrrole nitrogens is 1. The van der Waals surface area contributed by atoms with Gasteiger partial charge in [-0.15, -0.1) is 0 Å². The van der Waals surface area contributed by atoms with Crippen molar-refractivity contribution in [2.45, 2.75) is 5.92 Å². The molecule has 0 aliphatic rings. The van der Waals surface area contributed by atoms with Crippen molar-refractivity contribution in [3.8, 4) is 23.1 Å². The Morgan fingerprint density at radius 1 is 0.926 bits per heavy atom. The van der Waals surface area contributed by atoms with Gasteiger partial charge in [-0.3, -0.25) is 0 Å². The lowest BCUT2D eigenvalue weighted by atomic mass is 9.92. The monoisotopic (exact) mass is 360 g/mol. The van der Waals surface area contributed by atoms with Crippen LogP contribution in [0.4, 0.5) is 11.5 Å². The van der Waals surface area contributed by atoms with Crippen LogP contribution in [0.5, 0.6) is 5.75 Å². The van der Waals surface area contributed by atoms with Crippen molar-refractivity contribution in [3.63, 3.8) is 0 Å². The van der Waals surface area contributed by atoms with Crippen LogP contribution in [0.15, 0.2) is 54.6 Å². The van der Waals surface area contributed by atoms with Crippen LogP contribution in [0.2, 0.25) is 0 Å². The fourth-order valence-electron chi connectivity index (χ4n) is 3.20. The molecule has 0 aliphatic carbocycles. The number of aromatic amines is 1. The molecule has 0 spiro atoms. The standard InChI is InChI=1S/C22H24N4O/c1-25(2)17-12-10-15(11-13-17)18(14-23)19-21(27)20(24-22(19)26(3)4)16-8-6-5-7-9-16/h5-13,18,24,27H,1-4H3. The zero-order chi connectivity index (χ0) is 19.6. The summed E-state index contributed by atoms with van der Waals surface area (Å²) >= 11 is 0. The minimum atomic E-state index is -0.577. The fourth-order valence-corrected chi connectivity index (χ4v) is 3.20. The minimum absolute atomic E-state index is 0.119. The van der Waals surface area contributed by atoms with Gasteiger partial charge < -0.3 is 19.9 Å². The average Bonchev–Trinajstić information content (AvgIpc) is 3.01. The number of hydrogen-bond donors (Lipinski definition) is 2. The third kappa shape index (κ3) is 3.47. The number of anilines is 2. The topological polar surface area (TPSA) is 66.3 Å². The van der Waals surface area contributed by atoms with Gasteiger partial charge in [-0.05, 0) is 17.7 Å². The molecule has 1 heterocycles. The predicted molar refractivity (Wildman–Crippen MR) is 110 cm³/mol. The smallest absolute Gasteiger partial charge is 0.148 e. The van der Waals surface area contributed by atoms with Gasteiger partial charge in [0.25, 0.3) is 0 Å². The van der Waals surface area contributed by atoms with Crippen molar-refractivity contribution in [2.75, 3.05) is 38.0 Å². The molecular formula is C22H24N4O. The molecule has 3 aromatic rings. The number of benzene rings is 2. The second-order valence-electron chi connectivity index (χ2n) is 6.92. The maximum absolute atomic E-state index is 11.0. The molecular weight excluding hydrogens is 336 g/mol. The van der Waals surface area contributed by atoms with Crippen LogP contribution < -0.4 is 9.80 Å². The largest absolute Gasteiger partial charge is 0.505 e. The van der Waals surface area contributed by atoms with E-state index in [0.717, 1.165) is 22.6 Å². The number of nitrogens with one attached hydrogen (secondary N) is 1. The minimum Gasteiger partial charge on any atom is -0.505 e. The molecule has 27 heavy (non-hydrogen) atoms. The highest BCUT2D eigenvalue weighted by atomic mass is 16.3. The average molecular weight is 360 g/mol. The Bertz CT molecular complexity index is 950. The molecule has 0 aliphatic heterocycles. The van der Waals surface area contributed by atoms with E-state index in [-0.39, 0.29) is 5.75 Å². The lowest BCUT2D eigenvalue weighted by molar-refractivity contribution is 0.471. The maximum Gasteiger partial charge on any atom is 0.148 e. The van der Waals surface area contributed by atoms with Crippen molar-refractivity contribution in [1.29, 1.82) is 5.26 Å². The molecule has 1 unspecified atom stereocenters. The zero-order valence-electron chi connectivity index (χ0n) is 16.1. The summed E-state index contributed by atoms with van der Waals surface area (Å²) in [5.41, 5.74) is 4.01. The van der Waals surface area contributed by atoms with Gasteiger partial charge in [0, 0.05) is 39.4 Å². The summed E-state index contributed by atoms with van der Waals surface area (Å²) in [6.45, 7) is 0. The summed E-state index contributed by atoms with van der Waals surface area (Å²) in [5.74, 6) is 0.273. The number of nitriles is 1. The zero-order valence-corrected chi connectivity index (χ0v) is 16.1. The summed E-state index contributed by atoms with van der Waals surface area (Å²) in [4.78, 5) is 7.20. The number of aromatic hydroxyl groups is 1. The summed E-state index contributed by atoms with van der Waals surface area (Å²) in [7, 11) is 7.75. The molecule has 5 nitrogen and oxygen atoms in total. The van der Waals surface area contributed by atoms with E-state index in [1.54, 1.807) is 0 Å². The summed E-state index contributed by atoms with van der Waals surface area (Å²) in [5, 5.41) is 20.9. The van der Waals surface area contributed by atoms with Gasteiger partial charge in [-0.1, -0.05) is 42.5 Å². The first-order chi connectivity index (χ1) is 12.9. The van der Waals surface area contributed by atoms with Crippen molar-refractivity contribution < 1.29 is 5.11 Å². The highest BCUT2D eigenvalue weighted by Gasteiger charge is 2.27. The van der Waals surface area contributed by atoms with Crippen LogP contribution in [0.3, 0.4) is 0 Å². The predicted octanol–water partition coefficient (Wildman–Crippen LogP) is 4.17. The fraction of sp³-hybridized carbons (Fsp3) is 0.227. The van der Waals surface area contributed by atoms with Gasteiger partial charge >= 0.3 is 0 Å². The van der Waals surface area contributed by atoms with E-state index in [1.807, 2.05) is 92.6 Å². The quantitative estimate of drug-likeness (QED) is 0.716. The van der Waals surface area contributed by atoms with Crippen LogP contribution in [0.1, 0.15) is 17.0 Å². The highest BCUT2D eigenvalue weighted by Crippen LogP contribution is 2.44. The van der Waals surface area contributed by atoms with Crippen LogP contribution in [-0.4, -0.2) is 38.3 Å². The Morgan fingerprint density at radius 3 is 2.07 bits per heavy atom. The molecule has 0 saturated heterocycles. The molecule has 2 aromatic carbocycles. The molecule has 0 amide bonds. The summed E-state index contributed by atoms with van der Waals surface area (Å²) in [6, 6.07) is 19.9. The lowest BCUT2D eigenvalue weighted by Crippen LogP contribution is -2.13. The molecule has 1 aromatic heterocycles. The van der Waals surface area contributed by atoms with Crippen LogP contribution in [0, 0.1) is 11.3 Å². The second-order valence-corrected chi connectivity index (χ2v) is 6.92. The van der Waals surface area contributed by atoms with Gasteiger partial charge in [0.05, 0.1) is 17.3 Å². The van der Waals surface area contributed by atoms with E-state index in [1.165, 1.54) is 0 Å². The van der Waals surface area contributed by atoms with E-state index in [2.05, 4.69) is 11.1 Å². The normalized spacial score (nSPS) is 11.7. The first kappa shape index (κ1) is 18.4. The molecule has 0 saturated carbocycles. The van der Waals surface area contributed by atoms with E-state index in [9.17, 15) is 10.4 Å². The van der Waals surface area contributed by atoms with Crippen molar-refractivity contribution >= 4 is 11.5 Å². The number of nitrogens with zero attached hydrogens (tertiary/aromatic N) is 3. The molecule has 0 radical (unpaired) electrons. The SMILES string of the molecule is CN(C)c1ccc(C(C#N)c2c(N(C)C)[nH]c(-c3ccccc3)c2O)cc1. The van der Waals surface area contributed by atoms with Crippen molar-refractivity contribution in [2.24, 2.45) is 0 Å². The molecule has 0 fully saturated rings. The molecule has 5 heteroatoms. The van der Waals surface area contributed by atoms with Crippen LogP contribution in [0.25, 0.3) is 11.3 Å². The first-order valence-corrected chi connectivity index (χ1v) is 8.78. The first-order valence-electron chi connectivity index (χ1n) is 8.78. The van der Waals surface area contributed by atoms with Gasteiger partial charge in [-0.25, -0.2) is 0 Å². The lowest BCUT2D eigenvalue weighted by Gasteiger charge is -2.18. The van der Waals surface area contributed by atoms with Crippen molar-refractivity contribution in [3.05, 3.63) is 65.7 Å². The molecule has 0 bridgehead atoms. The second kappa shape index (κ2) is 7.46. The Balaban J connectivity index is 2.13. The number of hydrogen-bond acceptors (Lipinski definition) is 4. The van der Waals surface area contributed by atoms with Gasteiger partial charge in [-0.2, -0.15) is 5.26 Å². The van der Waals surface area contributed by atoms with E-state index in [4.69, 9.17) is 0 Å². The Labute approximate surface area is 160 Å². The molecule has 2 N–H and O–H groups in total. The van der Waals surface area contributed by atoms with E-state index in [0.29, 0.717) is 11.3 Å². The Kier molecular flexibility index (Phi) is 5.09. The number of aromatic nitrogens is 1. The Morgan fingerprint density at radius 2 is 1.56 bits per heavy atom. The Hall–Kier alpha value is -3.39. The van der Waals surface area contributed by atoms with Crippen LogP contribution >= 0.6 is 0 Å². The van der Waals surface area contributed by atoms with Gasteiger partial charge in [0.15, 0.2) is 0 Å². The molecule has 3 rings (SSSR count). The molecule has 138 valence electrons.